The van der Waals surface area contributed by atoms with Gasteiger partial charge in [-0.3, -0.25) is 9.78 Å². The van der Waals surface area contributed by atoms with Gasteiger partial charge in [0.1, 0.15) is 17.3 Å². The van der Waals surface area contributed by atoms with Gasteiger partial charge in [0.2, 0.25) is 5.91 Å². The number of amides is 1. The number of piperazine rings is 1. The number of rotatable bonds is 5. The van der Waals surface area contributed by atoms with Crippen molar-refractivity contribution in [2.24, 2.45) is 0 Å². The largest absolute Gasteiger partial charge is 0.398 e. The summed E-state index contributed by atoms with van der Waals surface area (Å²) in [5.74, 6) is -1.60. The van der Waals surface area contributed by atoms with E-state index in [2.05, 4.69) is 21.5 Å². The van der Waals surface area contributed by atoms with Crippen LogP contribution in [0.5, 0.6) is 0 Å². The average molecular weight is 574 g/mol. The molecule has 0 aliphatic carbocycles. The number of nitrogens with zero attached hydrogens (tertiary/aromatic N) is 6. The van der Waals surface area contributed by atoms with Crippen molar-refractivity contribution in [3.8, 4) is 16.9 Å². The minimum Gasteiger partial charge on any atom is -0.398 e. The van der Waals surface area contributed by atoms with Crippen LogP contribution >= 0.6 is 0 Å². The number of nitrogens with two attached hydrogens (primary N) is 1. The number of carbonyl (C=O) groups is 1. The normalized spacial score (nSPS) is 17.2. The summed E-state index contributed by atoms with van der Waals surface area (Å²) in [6.07, 6.45) is 2.93. The molecule has 218 valence electrons. The maximum atomic E-state index is 15.9. The van der Waals surface area contributed by atoms with Crippen LogP contribution in [0.25, 0.3) is 28.0 Å². The highest BCUT2D eigenvalue weighted by atomic mass is 19.1. The first-order valence-electron chi connectivity index (χ1n) is 13.8. The van der Waals surface area contributed by atoms with Crippen molar-refractivity contribution in [2.45, 2.75) is 52.6 Å². The maximum absolute atomic E-state index is 15.9. The number of fused-ring (bicyclic) bond motifs is 1. The van der Waals surface area contributed by atoms with Crippen molar-refractivity contribution in [3.05, 3.63) is 82.6 Å². The van der Waals surface area contributed by atoms with Crippen LogP contribution in [0.1, 0.15) is 44.9 Å². The minimum absolute atomic E-state index is 0.00927. The van der Waals surface area contributed by atoms with E-state index in [0.717, 1.165) is 5.56 Å². The molecule has 2 atom stereocenters. The number of nitrogen functional groups attached to an aromatic ring is 1. The number of pyridine rings is 2. The molecule has 11 heteroatoms. The van der Waals surface area contributed by atoms with Crippen molar-refractivity contribution >= 4 is 28.4 Å². The average Bonchev–Trinajstić information content (AvgIpc) is 2.92. The lowest BCUT2D eigenvalue weighted by atomic mass is 10.0. The van der Waals surface area contributed by atoms with Crippen molar-refractivity contribution in [1.82, 2.24) is 24.4 Å². The summed E-state index contributed by atoms with van der Waals surface area (Å²) in [6, 6.07) is 6.56. The molecular weight excluding hydrogens is 540 g/mol. The Balaban J connectivity index is 1.83. The van der Waals surface area contributed by atoms with Crippen LogP contribution in [0.3, 0.4) is 0 Å². The highest BCUT2D eigenvalue weighted by molar-refractivity contribution is 5.92. The number of halogens is 2. The Bertz CT molecular complexity index is 1750. The van der Waals surface area contributed by atoms with Gasteiger partial charge in [0.15, 0.2) is 11.5 Å². The third kappa shape index (κ3) is 4.78. The molecule has 1 aliphatic heterocycles. The topological polar surface area (TPSA) is 110 Å². The molecule has 0 spiro atoms. The molecule has 4 aromatic rings. The third-order valence-corrected chi connectivity index (χ3v) is 7.66. The zero-order valence-corrected chi connectivity index (χ0v) is 24.2. The molecule has 1 aromatic carbocycles. The number of aromatic nitrogens is 4. The zero-order chi connectivity index (χ0) is 30.5. The molecule has 1 fully saturated rings. The zero-order valence-electron chi connectivity index (χ0n) is 24.2. The molecule has 9 nitrogen and oxygen atoms in total. The van der Waals surface area contributed by atoms with Gasteiger partial charge in [-0.2, -0.15) is 4.98 Å². The summed E-state index contributed by atoms with van der Waals surface area (Å²) in [7, 11) is 0. The molecule has 1 saturated heterocycles. The van der Waals surface area contributed by atoms with Gasteiger partial charge in [0.05, 0.1) is 22.3 Å². The van der Waals surface area contributed by atoms with Gasteiger partial charge in [-0.05, 0) is 62.6 Å². The van der Waals surface area contributed by atoms with Gasteiger partial charge in [-0.15, -0.1) is 0 Å². The quantitative estimate of drug-likeness (QED) is 0.271. The second-order valence-corrected chi connectivity index (χ2v) is 11.0. The van der Waals surface area contributed by atoms with Crippen molar-refractivity contribution in [2.75, 3.05) is 23.7 Å². The standard InChI is InChI=1S/C31H33F2N7O2/c1-7-24(41)39-18(5)14-38(15-19(39)6)29-20-13-22(33)27(25-21(32)9-8-10-23(25)34)36-30(20)40(31(42)37-29)28-17(4)11-12-35-26(28)16(2)3/h7-13,16,18-19H,1,14-15,34H2,2-6H3. The van der Waals surface area contributed by atoms with Crippen LogP contribution in [0.2, 0.25) is 0 Å². The van der Waals surface area contributed by atoms with E-state index in [1.807, 2.05) is 39.5 Å². The summed E-state index contributed by atoms with van der Waals surface area (Å²) in [6.45, 7) is 13.8. The molecule has 0 radical (unpaired) electrons. The lowest BCUT2D eigenvalue weighted by Crippen LogP contribution is -2.58. The van der Waals surface area contributed by atoms with Crippen LogP contribution in [0, 0.1) is 18.6 Å². The van der Waals surface area contributed by atoms with Gasteiger partial charge in [-0.1, -0.05) is 26.5 Å². The van der Waals surface area contributed by atoms with Crippen LogP contribution in [0.15, 0.2) is 54.0 Å². The van der Waals surface area contributed by atoms with Gasteiger partial charge in [0.25, 0.3) is 0 Å². The van der Waals surface area contributed by atoms with E-state index in [0.29, 0.717) is 24.5 Å². The van der Waals surface area contributed by atoms with E-state index in [4.69, 9.17) is 5.73 Å². The lowest BCUT2D eigenvalue weighted by Gasteiger charge is -2.44. The van der Waals surface area contributed by atoms with Gasteiger partial charge in [0, 0.05) is 37.1 Å². The first kappa shape index (κ1) is 28.8. The fourth-order valence-corrected chi connectivity index (χ4v) is 5.83. The Morgan fingerprint density at radius 1 is 1.12 bits per heavy atom. The van der Waals surface area contributed by atoms with Crippen LogP contribution < -0.4 is 16.3 Å². The smallest absolute Gasteiger partial charge is 0.355 e. The summed E-state index contributed by atoms with van der Waals surface area (Å²) in [5.41, 5.74) is 6.86. The van der Waals surface area contributed by atoms with Crippen molar-refractivity contribution in [1.29, 1.82) is 0 Å². The molecule has 2 N–H and O–H groups in total. The lowest BCUT2D eigenvalue weighted by molar-refractivity contribution is -0.130. The van der Waals surface area contributed by atoms with E-state index in [-0.39, 0.29) is 57.7 Å². The minimum atomic E-state index is -0.818. The monoisotopic (exact) mass is 573 g/mol. The van der Waals surface area contributed by atoms with E-state index in [9.17, 15) is 9.59 Å². The molecule has 4 heterocycles. The number of carbonyl (C=O) groups excluding carboxylic acids is 1. The first-order chi connectivity index (χ1) is 19.9. The Labute approximate surface area is 242 Å². The van der Waals surface area contributed by atoms with Crippen LogP contribution in [0.4, 0.5) is 20.3 Å². The molecular formula is C31H33F2N7O2. The molecule has 0 bridgehead atoms. The van der Waals surface area contributed by atoms with Gasteiger partial charge in [-0.25, -0.2) is 23.1 Å². The highest BCUT2D eigenvalue weighted by Gasteiger charge is 2.34. The van der Waals surface area contributed by atoms with Crippen LogP contribution in [-0.2, 0) is 4.79 Å². The summed E-state index contributed by atoms with van der Waals surface area (Å²) in [4.78, 5) is 43.6. The van der Waals surface area contributed by atoms with E-state index in [1.165, 1.54) is 34.9 Å². The second-order valence-electron chi connectivity index (χ2n) is 11.0. The van der Waals surface area contributed by atoms with E-state index in [1.54, 1.807) is 17.2 Å². The first-order valence-corrected chi connectivity index (χ1v) is 13.8. The number of hydrogen-bond donors (Lipinski definition) is 1. The molecule has 1 aliphatic rings. The highest BCUT2D eigenvalue weighted by Crippen LogP contribution is 2.35. The molecule has 2 unspecified atom stereocenters. The maximum Gasteiger partial charge on any atom is 0.355 e. The summed E-state index contributed by atoms with van der Waals surface area (Å²) < 4.78 is 32.2. The number of anilines is 2. The van der Waals surface area contributed by atoms with Crippen LogP contribution in [-0.4, -0.2) is 55.5 Å². The fraction of sp³-hybridized carbons (Fsp3) is 0.323. The van der Waals surface area contributed by atoms with Crippen molar-refractivity contribution < 1.29 is 13.6 Å². The SMILES string of the molecule is C=CC(=O)N1C(C)CN(c2nc(=O)n(-c3c(C)ccnc3C(C)C)c3nc(-c4c(N)cccc4F)c(F)cc23)CC1C. The Morgan fingerprint density at radius 3 is 2.43 bits per heavy atom. The molecule has 3 aromatic heterocycles. The molecule has 0 saturated carbocycles. The van der Waals surface area contributed by atoms with Gasteiger partial charge < -0.3 is 15.5 Å². The number of hydrogen-bond acceptors (Lipinski definition) is 7. The summed E-state index contributed by atoms with van der Waals surface area (Å²) >= 11 is 0. The third-order valence-electron chi connectivity index (χ3n) is 7.66. The van der Waals surface area contributed by atoms with Crippen molar-refractivity contribution in [3.63, 3.8) is 0 Å². The molecule has 42 heavy (non-hydrogen) atoms. The number of benzene rings is 1. The van der Waals surface area contributed by atoms with E-state index < -0.39 is 17.3 Å². The molecule has 1 amide bonds. The Kier molecular flexibility index (Phi) is 7.53. The molecule has 5 rings (SSSR count). The van der Waals surface area contributed by atoms with E-state index >= 15 is 8.78 Å². The second kappa shape index (κ2) is 11.0. The fourth-order valence-electron chi connectivity index (χ4n) is 5.83. The summed E-state index contributed by atoms with van der Waals surface area (Å²) in [5, 5.41) is 0.256. The predicted octanol–water partition coefficient (Wildman–Crippen LogP) is 4.75. The Morgan fingerprint density at radius 2 is 1.81 bits per heavy atom. The predicted molar refractivity (Wildman–Crippen MR) is 160 cm³/mol. The Hall–Kier alpha value is -4.67. The number of aryl methyl sites for hydroxylation is 1. The van der Waals surface area contributed by atoms with Gasteiger partial charge >= 0.3 is 5.69 Å².